The number of carbonyl (C=O) groups excluding carboxylic acids is 1. The summed E-state index contributed by atoms with van der Waals surface area (Å²) in [6.45, 7) is 0. The Balaban J connectivity index is 3.18. The van der Waals surface area contributed by atoms with Gasteiger partial charge in [-0.25, -0.2) is 0 Å². The minimum atomic E-state index is 0.140. The van der Waals surface area contributed by atoms with Crippen LogP contribution < -0.4 is 0 Å². The van der Waals surface area contributed by atoms with E-state index in [9.17, 15) is 4.79 Å². The van der Waals surface area contributed by atoms with Crippen LogP contribution in [0.25, 0.3) is 0 Å². The molecular weight excluding hydrogens is 163 g/mol. The minimum absolute atomic E-state index is 0.140. The predicted octanol–water partition coefficient (Wildman–Crippen LogP) is 1.53. The van der Waals surface area contributed by atoms with Gasteiger partial charge in [-0.05, 0) is 0 Å². The first-order chi connectivity index (χ1) is 4.25. The Kier molecular flexibility index (Phi) is 1.73. The van der Waals surface area contributed by atoms with Gasteiger partial charge in [-0.15, -0.1) is 0 Å². The summed E-state index contributed by atoms with van der Waals surface area (Å²) in [6, 6.07) is 0. The fourth-order valence-electron chi connectivity index (χ4n) is 0.398. The maximum Gasteiger partial charge on any atom is 0.171 e. The Labute approximate surface area is 61.0 Å². The Hall–Kier alpha value is -0.540. The van der Waals surface area contributed by atoms with Gasteiger partial charge in [0.25, 0.3) is 0 Å². The van der Waals surface area contributed by atoms with Crippen molar-refractivity contribution >= 4 is 29.5 Å². The zero-order chi connectivity index (χ0) is 6.85. The minimum Gasteiger partial charge on any atom is -0.296 e. The van der Waals surface area contributed by atoms with Gasteiger partial charge in [0.15, 0.2) is 6.29 Å². The lowest BCUT2D eigenvalue weighted by Gasteiger charge is -1.77. The van der Waals surface area contributed by atoms with E-state index in [2.05, 4.69) is 10.2 Å². The third kappa shape index (κ3) is 1.06. The maximum atomic E-state index is 10.0. The molecule has 0 amide bonds. The first-order valence-electron chi connectivity index (χ1n) is 2.10. The lowest BCUT2D eigenvalue weighted by molar-refractivity contribution is 0.111. The second kappa shape index (κ2) is 2.37. The van der Waals surface area contributed by atoms with E-state index in [1.807, 2.05) is 0 Å². The van der Waals surface area contributed by atoms with Gasteiger partial charge in [-0.2, -0.15) is 5.10 Å². The van der Waals surface area contributed by atoms with Gasteiger partial charge < -0.3 is 0 Å². The lowest BCUT2D eigenvalue weighted by Crippen LogP contribution is -1.77. The van der Waals surface area contributed by atoms with Gasteiger partial charge in [0.1, 0.15) is 15.9 Å². The van der Waals surface area contributed by atoms with Crippen LogP contribution >= 0.6 is 23.2 Å². The second-order valence-electron chi connectivity index (χ2n) is 1.35. The van der Waals surface area contributed by atoms with Crippen molar-refractivity contribution in [3.63, 3.8) is 0 Å². The molecular formula is C4H2Cl2N2O. The van der Waals surface area contributed by atoms with Gasteiger partial charge in [0.2, 0.25) is 0 Å². The summed E-state index contributed by atoms with van der Waals surface area (Å²) in [5.74, 6) is 0. The van der Waals surface area contributed by atoms with Crippen LogP contribution in [0, 0.1) is 0 Å². The van der Waals surface area contributed by atoms with Crippen molar-refractivity contribution in [2.75, 3.05) is 0 Å². The van der Waals surface area contributed by atoms with Crippen molar-refractivity contribution in [3.8, 4) is 0 Å². The molecule has 0 aliphatic rings. The zero-order valence-electron chi connectivity index (χ0n) is 4.19. The van der Waals surface area contributed by atoms with Crippen LogP contribution in [0.4, 0.5) is 0 Å². The molecule has 0 unspecified atom stereocenters. The number of carbonyl (C=O) groups is 1. The van der Waals surface area contributed by atoms with Gasteiger partial charge in [0.05, 0.1) is 0 Å². The van der Waals surface area contributed by atoms with Gasteiger partial charge >= 0.3 is 0 Å². The molecule has 0 radical (unpaired) electrons. The van der Waals surface area contributed by atoms with Crippen molar-refractivity contribution in [2.24, 2.45) is 0 Å². The molecule has 3 nitrogen and oxygen atoms in total. The number of halogens is 2. The van der Waals surface area contributed by atoms with Crippen LogP contribution in [0.2, 0.25) is 10.2 Å². The molecule has 1 aromatic heterocycles. The number of nitrogens with zero attached hydrogens (tertiary/aromatic N) is 1. The van der Waals surface area contributed by atoms with E-state index in [-0.39, 0.29) is 15.9 Å². The van der Waals surface area contributed by atoms with Crippen LogP contribution in [-0.2, 0) is 0 Å². The monoisotopic (exact) mass is 164 g/mol. The largest absolute Gasteiger partial charge is 0.296 e. The number of rotatable bonds is 1. The van der Waals surface area contributed by atoms with Gasteiger partial charge in [-0.3, -0.25) is 9.89 Å². The van der Waals surface area contributed by atoms with E-state index < -0.39 is 0 Å². The van der Waals surface area contributed by atoms with Crippen molar-refractivity contribution in [1.82, 2.24) is 10.2 Å². The molecule has 0 aliphatic carbocycles. The lowest BCUT2D eigenvalue weighted by atomic mass is 10.5. The van der Waals surface area contributed by atoms with E-state index in [0.717, 1.165) is 0 Å². The van der Waals surface area contributed by atoms with Crippen molar-refractivity contribution in [2.45, 2.75) is 0 Å². The van der Waals surface area contributed by atoms with Gasteiger partial charge in [0, 0.05) is 0 Å². The first-order valence-corrected chi connectivity index (χ1v) is 2.86. The molecule has 0 fully saturated rings. The van der Waals surface area contributed by atoms with E-state index in [0.29, 0.717) is 6.29 Å². The highest BCUT2D eigenvalue weighted by Crippen LogP contribution is 2.20. The van der Waals surface area contributed by atoms with Crippen LogP contribution in [0.5, 0.6) is 0 Å². The smallest absolute Gasteiger partial charge is 0.171 e. The van der Waals surface area contributed by atoms with Crippen molar-refractivity contribution in [1.29, 1.82) is 0 Å². The molecule has 0 spiro atoms. The first kappa shape index (κ1) is 6.58. The number of hydrogen-bond donors (Lipinski definition) is 1. The molecule has 0 bridgehead atoms. The summed E-state index contributed by atoms with van der Waals surface area (Å²) in [7, 11) is 0. The molecule has 0 saturated carbocycles. The predicted molar refractivity (Wildman–Crippen MR) is 34.0 cm³/mol. The summed E-state index contributed by atoms with van der Waals surface area (Å²) < 4.78 is 0. The number of H-pyrrole nitrogens is 1. The summed E-state index contributed by atoms with van der Waals surface area (Å²) in [6.07, 6.45) is 0.532. The fraction of sp³-hybridized carbons (Fsp3) is 0. The SMILES string of the molecule is O=Cc1n[nH]c(Cl)c1Cl. The highest BCUT2D eigenvalue weighted by molar-refractivity contribution is 6.42. The third-order valence-electron chi connectivity index (χ3n) is 0.804. The molecule has 1 N–H and O–H groups in total. The quantitative estimate of drug-likeness (QED) is 0.641. The summed E-state index contributed by atoms with van der Waals surface area (Å²) >= 11 is 10.9. The summed E-state index contributed by atoms with van der Waals surface area (Å²) in [5, 5.41) is 6.18. The molecule has 0 atom stereocenters. The molecule has 9 heavy (non-hydrogen) atoms. The standard InChI is InChI=1S/C4H2Cl2N2O/c5-3-2(1-9)7-8-4(3)6/h1H,(H,7,8). The fourth-order valence-corrected chi connectivity index (χ4v) is 0.666. The molecule has 1 heterocycles. The highest BCUT2D eigenvalue weighted by Gasteiger charge is 2.05. The number of hydrogen-bond acceptors (Lipinski definition) is 2. The summed E-state index contributed by atoms with van der Waals surface area (Å²) in [4.78, 5) is 10.0. The van der Waals surface area contributed by atoms with E-state index in [4.69, 9.17) is 23.2 Å². The van der Waals surface area contributed by atoms with E-state index in [1.54, 1.807) is 0 Å². The molecule has 0 aromatic carbocycles. The topological polar surface area (TPSA) is 45.8 Å². The Morgan fingerprint density at radius 1 is 1.56 bits per heavy atom. The van der Waals surface area contributed by atoms with E-state index in [1.165, 1.54) is 0 Å². The maximum absolute atomic E-state index is 10.0. The normalized spacial score (nSPS) is 9.56. The van der Waals surface area contributed by atoms with Crippen LogP contribution in [-0.4, -0.2) is 16.5 Å². The number of aromatic amines is 1. The molecule has 0 aliphatic heterocycles. The molecule has 0 saturated heterocycles. The second-order valence-corrected chi connectivity index (χ2v) is 2.11. The molecule has 1 rings (SSSR count). The van der Waals surface area contributed by atoms with Crippen LogP contribution in [0.3, 0.4) is 0 Å². The third-order valence-corrected chi connectivity index (χ3v) is 1.56. The van der Waals surface area contributed by atoms with E-state index >= 15 is 0 Å². The molecule has 5 heteroatoms. The van der Waals surface area contributed by atoms with Crippen LogP contribution in [0.15, 0.2) is 0 Å². The number of aldehydes is 1. The van der Waals surface area contributed by atoms with Crippen molar-refractivity contribution < 1.29 is 4.79 Å². The zero-order valence-corrected chi connectivity index (χ0v) is 5.70. The average molecular weight is 165 g/mol. The average Bonchev–Trinajstić information content (AvgIpc) is 2.15. The molecule has 48 valence electrons. The molecule has 1 aromatic rings. The Morgan fingerprint density at radius 2 is 2.22 bits per heavy atom. The Bertz CT molecular complexity index is 232. The van der Waals surface area contributed by atoms with Gasteiger partial charge in [-0.1, -0.05) is 23.2 Å². The number of aromatic nitrogens is 2. The Morgan fingerprint density at radius 3 is 2.44 bits per heavy atom. The van der Waals surface area contributed by atoms with Crippen molar-refractivity contribution in [3.05, 3.63) is 15.9 Å². The van der Waals surface area contributed by atoms with Crippen LogP contribution in [0.1, 0.15) is 10.5 Å². The number of nitrogens with one attached hydrogen (secondary N) is 1. The highest BCUT2D eigenvalue weighted by atomic mass is 35.5. The summed E-state index contributed by atoms with van der Waals surface area (Å²) in [5.41, 5.74) is 0.140.